The van der Waals surface area contributed by atoms with Crippen LogP contribution in [0.1, 0.15) is 70.4 Å². The first kappa shape index (κ1) is 35.5. The molecule has 226 valence electrons. The maximum Gasteiger partial charge on any atom is 0.223 e. The van der Waals surface area contributed by atoms with Crippen LogP contribution in [-0.2, 0) is 16.1 Å². The molecule has 1 aromatic rings. The SMILES string of the molecule is C=C(C)N(C)C(=C)CN1C[C@@H](N(Cc2cccc(C)c2)C(=O)CCCCCC)C[C@H]1C=O.CCNCCN(C)C. The highest BCUT2D eigenvalue weighted by molar-refractivity contribution is 5.76. The minimum atomic E-state index is -0.205. The van der Waals surface area contributed by atoms with Crippen molar-refractivity contribution >= 4 is 12.2 Å². The van der Waals surface area contributed by atoms with Gasteiger partial charge in [0.15, 0.2) is 0 Å². The number of rotatable bonds is 17. The molecule has 40 heavy (non-hydrogen) atoms. The van der Waals surface area contributed by atoms with Crippen molar-refractivity contribution in [2.24, 2.45) is 0 Å². The first-order valence-electron chi connectivity index (χ1n) is 15.0. The molecule has 2 rings (SSSR count). The van der Waals surface area contributed by atoms with E-state index in [0.717, 1.165) is 68.6 Å². The van der Waals surface area contributed by atoms with Crippen LogP contribution in [0, 0.1) is 6.92 Å². The number of benzene rings is 1. The Hall–Kier alpha value is -2.48. The van der Waals surface area contributed by atoms with Gasteiger partial charge in [-0.15, -0.1) is 0 Å². The van der Waals surface area contributed by atoms with E-state index in [9.17, 15) is 9.59 Å². The summed E-state index contributed by atoms with van der Waals surface area (Å²) in [5, 5.41) is 3.24. The molecule has 0 saturated carbocycles. The first-order chi connectivity index (χ1) is 19.0. The molecule has 1 heterocycles. The maximum atomic E-state index is 13.3. The van der Waals surface area contributed by atoms with E-state index >= 15 is 0 Å². The molecule has 0 unspecified atom stereocenters. The number of hydrogen-bond acceptors (Lipinski definition) is 6. The van der Waals surface area contributed by atoms with E-state index in [-0.39, 0.29) is 18.0 Å². The number of carbonyl (C=O) groups is 2. The van der Waals surface area contributed by atoms with Crippen molar-refractivity contribution in [1.82, 2.24) is 24.9 Å². The van der Waals surface area contributed by atoms with Crippen LogP contribution in [0.3, 0.4) is 0 Å². The van der Waals surface area contributed by atoms with Gasteiger partial charge in [-0.05, 0) is 52.9 Å². The summed E-state index contributed by atoms with van der Waals surface area (Å²) in [7, 11) is 6.10. The van der Waals surface area contributed by atoms with Crippen molar-refractivity contribution in [3.05, 3.63) is 59.9 Å². The Kier molecular flexibility index (Phi) is 17.4. The summed E-state index contributed by atoms with van der Waals surface area (Å²) < 4.78 is 0. The van der Waals surface area contributed by atoms with Gasteiger partial charge in [-0.25, -0.2) is 0 Å². The lowest BCUT2D eigenvalue weighted by Crippen LogP contribution is -2.42. The van der Waals surface area contributed by atoms with E-state index in [2.05, 4.69) is 81.3 Å². The molecule has 7 heteroatoms. The molecule has 1 aliphatic heterocycles. The smallest absolute Gasteiger partial charge is 0.223 e. The van der Waals surface area contributed by atoms with Crippen LogP contribution >= 0.6 is 0 Å². The number of likely N-dealkylation sites (tertiary alicyclic amines) is 1. The number of nitrogens with one attached hydrogen (secondary N) is 1. The van der Waals surface area contributed by atoms with Gasteiger partial charge in [0, 0.05) is 63.6 Å². The molecule has 1 N–H and O–H groups in total. The third-order valence-electron chi connectivity index (χ3n) is 7.44. The first-order valence-corrected chi connectivity index (χ1v) is 15.0. The predicted molar refractivity (Wildman–Crippen MR) is 169 cm³/mol. The number of likely N-dealkylation sites (N-methyl/N-ethyl adjacent to an activating group) is 3. The number of carbonyl (C=O) groups excluding carboxylic acids is 2. The van der Waals surface area contributed by atoms with Crippen molar-refractivity contribution in [2.45, 2.75) is 84.8 Å². The molecular weight excluding hydrogens is 498 g/mol. The van der Waals surface area contributed by atoms with Gasteiger partial charge in [-0.3, -0.25) is 9.69 Å². The lowest BCUT2D eigenvalue weighted by molar-refractivity contribution is -0.134. The van der Waals surface area contributed by atoms with Crippen LogP contribution in [-0.4, -0.2) is 97.7 Å². The second kappa shape index (κ2) is 19.6. The Morgan fingerprint density at radius 2 is 1.88 bits per heavy atom. The van der Waals surface area contributed by atoms with E-state index in [0.29, 0.717) is 32.5 Å². The molecular formula is C33H57N5O2. The van der Waals surface area contributed by atoms with E-state index in [1.807, 2.05) is 29.8 Å². The lowest BCUT2D eigenvalue weighted by atomic mass is 10.1. The molecule has 1 aromatic carbocycles. The number of allylic oxidation sites excluding steroid dienone is 1. The van der Waals surface area contributed by atoms with Gasteiger partial charge in [0.2, 0.25) is 5.91 Å². The summed E-state index contributed by atoms with van der Waals surface area (Å²) in [5.74, 6) is 0.192. The van der Waals surface area contributed by atoms with Crippen molar-refractivity contribution < 1.29 is 9.59 Å². The Morgan fingerprint density at radius 1 is 1.15 bits per heavy atom. The summed E-state index contributed by atoms with van der Waals surface area (Å²) in [6.45, 7) is 21.6. The van der Waals surface area contributed by atoms with Crippen molar-refractivity contribution in [3.8, 4) is 0 Å². The standard InChI is InChI=1S/C27H41N3O2.C6H16N2/c1-7-8-9-10-14-27(32)30(18-24-13-11-12-22(4)15-24)25-16-26(20-31)29(19-25)17-23(5)28(6)21(2)3;1-4-7-5-6-8(2)3/h11-13,15,20,25-26H,2,5,7-10,14,16-19H2,1,3-4,6H3;7H,4-6H2,1-3H3/t25-,26-;/m0./s1. The van der Waals surface area contributed by atoms with E-state index in [4.69, 9.17) is 0 Å². The van der Waals surface area contributed by atoms with Crippen molar-refractivity contribution in [2.75, 3.05) is 53.9 Å². The van der Waals surface area contributed by atoms with Gasteiger partial charge in [0.25, 0.3) is 0 Å². The molecule has 0 radical (unpaired) electrons. The average Bonchev–Trinajstić information content (AvgIpc) is 3.31. The second-order valence-corrected chi connectivity index (χ2v) is 11.4. The van der Waals surface area contributed by atoms with Crippen molar-refractivity contribution in [1.29, 1.82) is 0 Å². The van der Waals surface area contributed by atoms with E-state index in [1.54, 1.807) is 0 Å². The Balaban J connectivity index is 0.000000869. The third-order valence-corrected chi connectivity index (χ3v) is 7.44. The van der Waals surface area contributed by atoms with Gasteiger partial charge < -0.3 is 24.8 Å². The molecule has 0 aliphatic carbocycles. The van der Waals surface area contributed by atoms with Gasteiger partial charge >= 0.3 is 0 Å². The summed E-state index contributed by atoms with van der Waals surface area (Å²) in [5.41, 5.74) is 4.15. The number of nitrogens with zero attached hydrogens (tertiary/aromatic N) is 4. The zero-order valence-electron chi connectivity index (χ0n) is 26.5. The zero-order chi connectivity index (χ0) is 30.1. The molecule has 1 saturated heterocycles. The molecule has 1 aliphatic rings. The molecule has 7 nitrogen and oxygen atoms in total. The van der Waals surface area contributed by atoms with Crippen LogP contribution in [0.15, 0.2) is 48.8 Å². The largest absolute Gasteiger partial charge is 0.352 e. The van der Waals surface area contributed by atoms with Gasteiger partial charge in [0.1, 0.15) is 6.29 Å². The molecule has 0 spiro atoms. The summed E-state index contributed by atoms with van der Waals surface area (Å²) >= 11 is 0. The lowest BCUT2D eigenvalue weighted by Gasteiger charge is -2.30. The average molecular weight is 556 g/mol. The summed E-state index contributed by atoms with van der Waals surface area (Å²) in [6, 6.07) is 8.16. The number of hydrogen-bond donors (Lipinski definition) is 1. The Bertz CT molecular complexity index is 916. The van der Waals surface area contributed by atoms with Gasteiger partial charge in [-0.1, -0.05) is 76.1 Å². The third kappa shape index (κ3) is 13.2. The highest BCUT2D eigenvalue weighted by Gasteiger charge is 2.37. The van der Waals surface area contributed by atoms with Crippen molar-refractivity contribution in [3.63, 3.8) is 0 Å². The fourth-order valence-electron chi connectivity index (χ4n) is 4.82. The van der Waals surface area contributed by atoms with Gasteiger partial charge in [-0.2, -0.15) is 0 Å². The molecule has 1 amide bonds. The Labute approximate surface area is 245 Å². The molecule has 0 aromatic heterocycles. The quantitative estimate of drug-likeness (QED) is 0.214. The van der Waals surface area contributed by atoms with E-state index in [1.165, 1.54) is 5.56 Å². The van der Waals surface area contributed by atoms with Crippen LogP contribution in [0.4, 0.5) is 0 Å². The fraction of sp³-hybridized carbons (Fsp3) is 0.636. The summed E-state index contributed by atoms with van der Waals surface area (Å²) in [6.07, 6.45) is 6.58. The fourth-order valence-corrected chi connectivity index (χ4v) is 4.82. The van der Waals surface area contributed by atoms with Crippen LogP contribution in [0.5, 0.6) is 0 Å². The van der Waals surface area contributed by atoms with Crippen LogP contribution in [0.25, 0.3) is 0 Å². The number of unbranched alkanes of at least 4 members (excludes halogenated alkanes) is 3. The highest BCUT2D eigenvalue weighted by atomic mass is 16.2. The zero-order valence-corrected chi connectivity index (χ0v) is 26.5. The number of aryl methyl sites for hydroxylation is 1. The topological polar surface area (TPSA) is 59.1 Å². The monoisotopic (exact) mass is 555 g/mol. The number of amides is 1. The van der Waals surface area contributed by atoms with Crippen LogP contribution < -0.4 is 5.32 Å². The highest BCUT2D eigenvalue weighted by Crippen LogP contribution is 2.26. The van der Waals surface area contributed by atoms with Crippen LogP contribution in [0.2, 0.25) is 0 Å². The second-order valence-electron chi connectivity index (χ2n) is 11.4. The minimum Gasteiger partial charge on any atom is -0.352 e. The minimum absolute atomic E-state index is 0.0207. The molecule has 2 atom stereocenters. The normalized spacial score (nSPS) is 16.8. The molecule has 1 fully saturated rings. The Morgan fingerprint density at radius 3 is 2.45 bits per heavy atom. The maximum absolute atomic E-state index is 13.3. The van der Waals surface area contributed by atoms with Gasteiger partial charge in [0.05, 0.1) is 6.04 Å². The van der Waals surface area contributed by atoms with E-state index < -0.39 is 0 Å². The summed E-state index contributed by atoms with van der Waals surface area (Å²) in [4.78, 5) is 33.5. The number of aldehydes is 1. The predicted octanol–water partition coefficient (Wildman–Crippen LogP) is 5.07. The molecule has 0 bridgehead atoms.